The molecule has 0 spiro atoms. The molecule has 21 heavy (non-hydrogen) atoms. The normalized spacial score (nSPS) is 26.5. The highest BCUT2D eigenvalue weighted by molar-refractivity contribution is 5.74. The first-order valence-electron chi connectivity index (χ1n) is 7.29. The van der Waals surface area contributed by atoms with E-state index in [1.54, 1.807) is 6.92 Å². The van der Waals surface area contributed by atoms with Crippen molar-refractivity contribution >= 4 is 5.91 Å². The van der Waals surface area contributed by atoms with E-state index in [4.69, 9.17) is 4.74 Å². The number of fused-ring (bicyclic) bond motifs is 5. The lowest BCUT2D eigenvalue weighted by Gasteiger charge is -2.41. The SMILES string of the molecule is CC(=O)N1CC2OC(c3ccccc3)(C1)c1ccccc12. The molecule has 2 aromatic carbocycles. The van der Waals surface area contributed by atoms with Gasteiger partial charge in [0.1, 0.15) is 11.7 Å². The molecule has 2 aromatic rings. The average molecular weight is 279 g/mol. The summed E-state index contributed by atoms with van der Waals surface area (Å²) in [5.74, 6) is 0.108. The number of ether oxygens (including phenoxy) is 1. The Hall–Kier alpha value is -2.13. The third-order valence-corrected chi connectivity index (χ3v) is 4.57. The summed E-state index contributed by atoms with van der Waals surface area (Å²) in [5, 5.41) is 0. The zero-order chi connectivity index (χ0) is 14.4. The Morgan fingerprint density at radius 2 is 1.86 bits per heavy atom. The van der Waals surface area contributed by atoms with Gasteiger partial charge in [-0.15, -0.1) is 0 Å². The van der Waals surface area contributed by atoms with Gasteiger partial charge in [0.2, 0.25) is 5.91 Å². The first-order valence-corrected chi connectivity index (χ1v) is 7.29. The maximum absolute atomic E-state index is 11.9. The van der Waals surface area contributed by atoms with E-state index in [-0.39, 0.29) is 12.0 Å². The lowest BCUT2D eigenvalue weighted by molar-refractivity contribution is -0.152. The first kappa shape index (κ1) is 12.6. The van der Waals surface area contributed by atoms with Crippen LogP contribution < -0.4 is 0 Å². The van der Waals surface area contributed by atoms with Gasteiger partial charge in [0.05, 0.1) is 13.1 Å². The third kappa shape index (κ3) is 1.74. The Morgan fingerprint density at radius 1 is 1.14 bits per heavy atom. The molecule has 2 atom stereocenters. The molecular formula is C18H17NO2. The lowest BCUT2D eigenvalue weighted by atomic mass is 9.85. The number of hydrogen-bond donors (Lipinski definition) is 0. The number of hydrogen-bond acceptors (Lipinski definition) is 2. The van der Waals surface area contributed by atoms with Crippen molar-refractivity contribution < 1.29 is 9.53 Å². The maximum atomic E-state index is 11.9. The molecule has 0 N–H and O–H groups in total. The van der Waals surface area contributed by atoms with E-state index in [1.807, 2.05) is 35.2 Å². The second kappa shape index (κ2) is 4.43. The summed E-state index contributed by atoms with van der Waals surface area (Å²) in [6, 6.07) is 18.6. The van der Waals surface area contributed by atoms with Crippen LogP contribution in [0.25, 0.3) is 0 Å². The van der Waals surface area contributed by atoms with Gasteiger partial charge in [-0.25, -0.2) is 0 Å². The summed E-state index contributed by atoms with van der Waals surface area (Å²) in [7, 11) is 0. The van der Waals surface area contributed by atoms with Crippen LogP contribution in [0.3, 0.4) is 0 Å². The first-order chi connectivity index (χ1) is 10.2. The van der Waals surface area contributed by atoms with Crippen molar-refractivity contribution in [3.8, 4) is 0 Å². The van der Waals surface area contributed by atoms with Gasteiger partial charge >= 0.3 is 0 Å². The molecule has 1 saturated heterocycles. The molecule has 2 bridgehead atoms. The minimum absolute atomic E-state index is 0.0287. The summed E-state index contributed by atoms with van der Waals surface area (Å²) in [6.07, 6.45) is -0.0287. The Labute approximate surface area is 124 Å². The highest BCUT2D eigenvalue weighted by atomic mass is 16.5. The van der Waals surface area contributed by atoms with Crippen LogP contribution in [-0.4, -0.2) is 23.9 Å². The van der Waals surface area contributed by atoms with Gasteiger partial charge in [0.25, 0.3) is 0 Å². The van der Waals surface area contributed by atoms with Crippen LogP contribution in [0.4, 0.5) is 0 Å². The fourth-order valence-corrected chi connectivity index (χ4v) is 3.57. The van der Waals surface area contributed by atoms with Crippen molar-refractivity contribution in [2.75, 3.05) is 13.1 Å². The fourth-order valence-electron chi connectivity index (χ4n) is 3.57. The van der Waals surface area contributed by atoms with E-state index in [9.17, 15) is 4.79 Å². The quantitative estimate of drug-likeness (QED) is 0.803. The molecule has 2 heterocycles. The number of rotatable bonds is 1. The van der Waals surface area contributed by atoms with Gasteiger partial charge in [-0.2, -0.15) is 0 Å². The van der Waals surface area contributed by atoms with E-state index in [0.29, 0.717) is 13.1 Å². The third-order valence-electron chi connectivity index (χ3n) is 4.57. The van der Waals surface area contributed by atoms with Gasteiger partial charge in [-0.1, -0.05) is 54.6 Å². The standard InChI is InChI=1S/C18H17NO2/c1-13(20)19-11-17-15-9-5-6-10-16(15)18(12-19,21-17)14-7-3-2-4-8-14/h2-10,17H,11-12H2,1H3. The number of carbonyl (C=O) groups excluding carboxylic acids is 1. The Balaban J connectivity index is 1.92. The van der Waals surface area contributed by atoms with Crippen molar-refractivity contribution in [3.05, 3.63) is 71.3 Å². The molecule has 0 saturated carbocycles. The summed E-state index contributed by atoms with van der Waals surface area (Å²) in [4.78, 5) is 13.8. The van der Waals surface area contributed by atoms with Crippen molar-refractivity contribution in [3.63, 3.8) is 0 Å². The van der Waals surface area contributed by atoms with E-state index < -0.39 is 5.60 Å². The molecule has 0 aromatic heterocycles. The molecule has 2 aliphatic heterocycles. The Kier molecular flexibility index (Phi) is 2.66. The molecule has 0 radical (unpaired) electrons. The van der Waals surface area contributed by atoms with Gasteiger partial charge in [0.15, 0.2) is 0 Å². The molecule has 3 heteroatoms. The van der Waals surface area contributed by atoms with E-state index in [1.165, 1.54) is 11.1 Å². The van der Waals surface area contributed by atoms with Crippen LogP contribution in [0.2, 0.25) is 0 Å². The smallest absolute Gasteiger partial charge is 0.219 e. The van der Waals surface area contributed by atoms with Crippen molar-refractivity contribution in [1.29, 1.82) is 0 Å². The van der Waals surface area contributed by atoms with Crippen LogP contribution in [-0.2, 0) is 15.1 Å². The fraction of sp³-hybridized carbons (Fsp3) is 0.278. The summed E-state index contributed by atoms with van der Waals surface area (Å²) < 4.78 is 6.43. The predicted octanol–water partition coefficient (Wildman–Crippen LogP) is 2.86. The number of nitrogens with zero attached hydrogens (tertiary/aromatic N) is 1. The van der Waals surface area contributed by atoms with Crippen LogP contribution in [0.15, 0.2) is 54.6 Å². The topological polar surface area (TPSA) is 29.5 Å². The lowest BCUT2D eigenvalue weighted by Crippen LogP contribution is -2.49. The van der Waals surface area contributed by atoms with Crippen LogP contribution in [0, 0.1) is 0 Å². The monoisotopic (exact) mass is 279 g/mol. The summed E-state index contributed by atoms with van der Waals surface area (Å²) in [6.45, 7) is 2.86. The number of morpholine rings is 1. The second-order valence-electron chi connectivity index (χ2n) is 5.79. The second-order valence-corrected chi connectivity index (χ2v) is 5.79. The summed E-state index contributed by atoms with van der Waals surface area (Å²) in [5.41, 5.74) is 3.01. The average Bonchev–Trinajstić information content (AvgIpc) is 2.77. The largest absolute Gasteiger partial charge is 0.354 e. The number of carbonyl (C=O) groups is 1. The maximum Gasteiger partial charge on any atom is 0.219 e. The molecule has 1 amide bonds. The molecule has 106 valence electrons. The molecule has 4 rings (SSSR count). The Morgan fingerprint density at radius 3 is 2.62 bits per heavy atom. The molecule has 0 aliphatic carbocycles. The zero-order valence-electron chi connectivity index (χ0n) is 12.0. The van der Waals surface area contributed by atoms with Crippen molar-refractivity contribution in [2.45, 2.75) is 18.6 Å². The zero-order valence-corrected chi connectivity index (χ0v) is 12.0. The van der Waals surface area contributed by atoms with Gasteiger partial charge in [0, 0.05) is 6.92 Å². The van der Waals surface area contributed by atoms with E-state index >= 15 is 0 Å². The predicted molar refractivity (Wildman–Crippen MR) is 79.7 cm³/mol. The summed E-state index contributed by atoms with van der Waals surface area (Å²) >= 11 is 0. The molecule has 2 aliphatic rings. The number of benzene rings is 2. The van der Waals surface area contributed by atoms with Gasteiger partial charge in [-0.3, -0.25) is 4.79 Å². The molecule has 3 nitrogen and oxygen atoms in total. The minimum Gasteiger partial charge on any atom is -0.354 e. The molecule has 2 unspecified atom stereocenters. The van der Waals surface area contributed by atoms with Gasteiger partial charge in [-0.05, 0) is 16.7 Å². The van der Waals surface area contributed by atoms with E-state index in [0.717, 1.165) is 5.56 Å². The highest BCUT2D eigenvalue weighted by Gasteiger charge is 2.51. The van der Waals surface area contributed by atoms with Crippen molar-refractivity contribution in [2.24, 2.45) is 0 Å². The van der Waals surface area contributed by atoms with Gasteiger partial charge < -0.3 is 9.64 Å². The Bertz CT molecular complexity index is 697. The van der Waals surface area contributed by atoms with Crippen LogP contribution >= 0.6 is 0 Å². The molecular weight excluding hydrogens is 262 g/mol. The minimum atomic E-state index is -0.521. The van der Waals surface area contributed by atoms with E-state index in [2.05, 4.69) is 24.3 Å². The molecule has 1 fully saturated rings. The highest BCUT2D eigenvalue weighted by Crippen LogP contribution is 2.51. The van der Waals surface area contributed by atoms with Crippen molar-refractivity contribution in [1.82, 2.24) is 4.90 Å². The van der Waals surface area contributed by atoms with Crippen LogP contribution in [0.5, 0.6) is 0 Å². The van der Waals surface area contributed by atoms with Crippen LogP contribution in [0.1, 0.15) is 29.7 Å². The number of amides is 1.